The Labute approximate surface area is 127 Å². The van der Waals surface area contributed by atoms with Crippen LogP contribution in [0.15, 0.2) is 18.2 Å². The molecule has 22 heavy (non-hydrogen) atoms. The van der Waals surface area contributed by atoms with Gasteiger partial charge in [-0.15, -0.1) is 0 Å². The van der Waals surface area contributed by atoms with Crippen LogP contribution in [0.5, 0.6) is 0 Å². The van der Waals surface area contributed by atoms with E-state index in [0.717, 1.165) is 25.5 Å². The van der Waals surface area contributed by atoms with Crippen molar-refractivity contribution in [3.8, 4) is 0 Å². The van der Waals surface area contributed by atoms with Crippen molar-refractivity contribution < 1.29 is 19.2 Å². The van der Waals surface area contributed by atoms with E-state index in [1.54, 1.807) is 0 Å². The SMILES string of the molecule is COC(=O)c1cc(NC(=O)CC2CCCN2)cc([N+](=O)[O-])c1. The number of carbonyl (C=O) groups is 2. The summed E-state index contributed by atoms with van der Waals surface area (Å²) in [5.74, 6) is -0.952. The molecular weight excluding hydrogens is 290 g/mol. The third-order valence-corrected chi connectivity index (χ3v) is 3.43. The Bertz CT molecular complexity index is 596. The van der Waals surface area contributed by atoms with Crippen LogP contribution >= 0.6 is 0 Å². The lowest BCUT2D eigenvalue weighted by Crippen LogP contribution is -2.27. The molecule has 1 unspecified atom stereocenters. The van der Waals surface area contributed by atoms with Crippen molar-refractivity contribution in [2.45, 2.75) is 25.3 Å². The maximum atomic E-state index is 12.0. The van der Waals surface area contributed by atoms with E-state index < -0.39 is 10.9 Å². The molecule has 8 heteroatoms. The number of hydrogen-bond acceptors (Lipinski definition) is 6. The first-order chi connectivity index (χ1) is 10.5. The molecule has 0 bridgehead atoms. The quantitative estimate of drug-likeness (QED) is 0.484. The van der Waals surface area contributed by atoms with Gasteiger partial charge >= 0.3 is 5.97 Å². The number of esters is 1. The first kappa shape index (κ1) is 15.9. The minimum Gasteiger partial charge on any atom is -0.465 e. The second-order valence-electron chi connectivity index (χ2n) is 5.06. The summed E-state index contributed by atoms with van der Waals surface area (Å²) in [4.78, 5) is 33.8. The van der Waals surface area contributed by atoms with Gasteiger partial charge in [0.2, 0.25) is 5.91 Å². The molecule has 1 heterocycles. The molecule has 0 aliphatic carbocycles. The zero-order valence-corrected chi connectivity index (χ0v) is 12.1. The summed E-state index contributed by atoms with van der Waals surface area (Å²) in [6.45, 7) is 0.890. The van der Waals surface area contributed by atoms with Gasteiger partial charge in [-0.05, 0) is 25.5 Å². The molecule has 0 saturated carbocycles. The third kappa shape index (κ3) is 4.01. The van der Waals surface area contributed by atoms with Crippen molar-refractivity contribution in [2.24, 2.45) is 0 Å². The zero-order chi connectivity index (χ0) is 16.1. The fraction of sp³-hybridized carbons (Fsp3) is 0.429. The summed E-state index contributed by atoms with van der Waals surface area (Å²) in [5.41, 5.74) is -0.0548. The number of nitrogens with zero attached hydrogens (tertiary/aromatic N) is 1. The van der Waals surface area contributed by atoms with Crippen LogP contribution in [0.2, 0.25) is 0 Å². The standard InChI is InChI=1S/C14H17N3O5/c1-22-14(19)9-5-11(7-12(6-9)17(20)21)16-13(18)8-10-3-2-4-15-10/h5-7,10,15H,2-4,8H2,1H3,(H,16,18). The summed E-state index contributed by atoms with van der Waals surface area (Å²) < 4.78 is 4.55. The highest BCUT2D eigenvalue weighted by atomic mass is 16.6. The number of hydrogen-bond donors (Lipinski definition) is 2. The van der Waals surface area contributed by atoms with Crippen LogP contribution in [-0.4, -0.2) is 36.5 Å². The average Bonchev–Trinajstić information content (AvgIpc) is 2.98. The minimum absolute atomic E-state index is 0.0194. The first-order valence-corrected chi connectivity index (χ1v) is 6.90. The monoisotopic (exact) mass is 307 g/mol. The number of carbonyl (C=O) groups excluding carboxylic acids is 2. The van der Waals surface area contributed by atoms with E-state index in [9.17, 15) is 19.7 Å². The molecule has 1 atom stereocenters. The average molecular weight is 307 g/mol. The van der Waals surface area contributed by atoms with E-state index in [4.69, 9.17) is 0 Å². The normalized spacial score (nSPS) is 17.0. The lowest BCUT2D eigenvalue weighted by Gasteiger charge is -2.11. The Morgan fingerprint density at radius 3 is 2.82 bits per heavy atom. The molecule has 1 saturated heterocycles. The predicted molar refractivity (Wildman–Crippen MR) is 78.7 cm³/mol. The van der Waals surface area contributed by atoms with E-state index in [-0.39, 0.29) is 35.3 Å². The molecular formula is C14H17N3O5. The molecule has 0 radical (unpaired) electrons. The Hall–Kier alpha value is -2.48. The number of benzene rings is 1. The highest BCUT2D eigenvalue weighted by Gasteiger charge is 2.19. The van der Waals surface area contributed by atoms with E-state index in [2.05, 4.69) is 15.4 Å². The number of ether oxygens (including phenoxy) is 1. The summed E-state index contributed by atoms with van der Waals surface area (Å²) in [7, 11) is 1.19. The minimum atomic E-state index is -0.698. The van der Waals surface area contributed by atoms with Crippen LogP contribution < -0.4 is 10.6 Å². The Morgan fingerprint density at radius 1 is 1.45 bits per heavy atom. The van der Waals surface area contributed by atoms with E-state index >= 15 is 0 Å². The molecule has 1 fully saturated rings. The molecule has 1 aliphatic heterocycles. The maximum Gasteiger partial charge on any atom is 0.338 e. The molecule has 1 aromatic carbocycles. The molecule has 0 spiro atoms. The fourth-order valence-corrected chi connectivity index (χ4v) is 2.39. The van der Waals surface area contributed by atoms with Crippen LogP contribution in [-0.2, 0) is 9.53 Å². The molecule has 8 nitrogen and oxygen atoms in total. The summed E-state index contributed by atoms with van der Waals surface area (Å²) in [6.07, 6.45) is 2.24. The molecule has 0 aromatic heterocycles. The number of non-ortho nitro benzene ring substituents is 1. The number of methoxy groups -OCH3 is 1. The van der Waals surface area contributed by atoms with Crippen molar-refractivity contribution in [3.05, 3.63) is 33.9 Å². The lowest BCUT2D eigenvalue weighted by molar-refractivity contribution is -0.384. The summed E-state index contributed by atoms with van der Waals surface area (Å²) in [6, 6.07) is 3.81. The molecule has 118 valence electrons. The topological polar surface area (TPSA) is 111 Å². The first-order valence-electron chi connectivity index (χ1n) is 6.90. The highest BCUT2D eigenvalue weighted by Crippen LogP contribution is 2.22. The van der Waals surface area contributed by atoms with Gasteiger partial charge in [0.25, 0.3) is 5.69 Å². The highest BCUT2D eigenvalue weighted by molar-refractivity contribution is 5.95. The Morgan fingerprint density at radius 2 is 2.23 bits per heavy atom. The van der Waals surface area contributed by atoms with Crippen molar-refractivity contribution in [1.29, 1.82) is 0 Å². The van der Waals surface area contributed by atoms with Gasteiger partial charge in [0.15, 0.2) is 0 Å². The van der Waals surface area contributed by atoms with Crippen molar-refractivity contribution >= 4 is 23.3 Å². The van der Waals surface area contributed by atoms with E-state index in [1.807, 2.05) is 0 Å². The summed E-state index contributed by atoms with van der Waals surface area (Å²) in [5, 5.41) is 16.7. The largest absolute Gasteiger partial charge is 0.465 e. The number of anilines is 1. The summed E-state index contributed by atoms with van der Waals surface area (Å²) >= 11 is 0. The van der Waals surface area contributed by atoms with Gasteiger partial charge in [-0.3, -0.25) is 14.9 Å². The van der Waals surface area contributed by atoms with Crippen LogP contribution in [0.25, 0.3) is 0 Å². The van der Waals surface area contributed by atoms with Gasteiger partial charge in [0.1, 0.15) is 0 Å². The van der Waals surface area contributed by atoms with Crippen LogP contribution in [0.1, 0.15) is 29.6 Å². The fourth-order valence-electron chi connectivity index (χ4n) is 2.39. The van der Waals surface area contributed by atoms with Crippen LogP contribution in [0, 0.1) is 10.1 Å². The molecule has 2 N–H and O–H groups in total. The molecule has 1 aromatic rings. The van der Waals surface area contributed by atoms with Gasteiger partial charge < -0.3 is 15.4 Å². The molecule has 2 rings (SSSR count). The smallest absolute Gasteiger partial charge is 0.338 e. The number of rotatable bonds is 5. The Balaban J connectivity index is 2.14. The number of amides is 1. The zero-order valence-electron chi connectivity index (χ0n) is 12.1. The third-order valence-electron chi connectivity index (χ3n) is 3.43. The second-order valence-corrected chi connectivity index (χ2v) is 5.06. The lowest BCUT2D eigenvalue weighted by atomic mass is 10.1. The van der Waals surface area contributed by atoms with E-state index in [1.165, 1.54) is 19.2 Å². The van der Waals surface area contributed by atoms with Crippen molar-refractivity contribution in [3.63, 3.8) is 0 Å². The van der Waals surface area contributed by atoms with E-state index in [0.29, 0.717) is 0 Å². The number of nitro groups is 1. The van der Waals surface area contributed by atoms with Gasteiger partial charge in [-0.1, -0.05) is 0 Å². The molecule has 1 aliphatic rings. The van der Waals surface area contributed by atoms with Crippen LogP contribution in [0.4, 0.5) is 11.4 Å². The number of nitrogens with one attached hydrogen (secondary N) is 2. The van der Waals surface area contributed by atoms with Gasteiger partial charge in [-0.2, -0.15) is 0 Å². The maximum absolute atomic E-state index is 12.0. The Kier molecular flexibility index (Phi) is 5.05. The molecule has 1 amide bonds. The number of nitro benzene ring substituents is 1. The predicted octanol–water partition coefficient (Wildman–Crippen LogP) is 1.46. The van der Waals surface area contributed by atoms with Gasteiger partial charge in [-0.25, -0.2) is 4.79 Å². The van der Waals surface area contributed by atoms with Crippen molar-refractivity contribution in [1.82, 2.24) is 5.32 Å². The van der Waals surface area contributed by atoms with Crippen molar-refractivity contribution in [2.75, 3.05) is 19.0 Å². The van der Waals surface area contributed by atoms with Gasteiger partial charge in [0.05, 0.1) is 17.6 Å². The van der Waals surface area contributed by atoms with Gasteiger partial charge in [0, 0.05) is 30.3 Å². The van der Waals surface area contributed by atoms with Crippen LogP contribution in [0.3, 0.4) is 0 Å². The second kappa shape index (κ2) is 6.99.